The molecule has 0 aliphatic rings. The number of rotatable bonds is 6. The molecule has 0 saturated heterocycles. The number of hydrogen-bond donors (Lipinski definition) is 2. The van der Waals surface area contributed by atoms with Crippen molar-refractivity contribution in [3.63, 3.8) is 0 Å². The van der Waals surface area contributed by atoms with Crippen LogP contribution in [0.15, 0.2) is 65.8 Å². The first kappa shape index (κ1) is 22.7. The number of ether oxygens (including phenoxy) is 2. The molecule has 0 aromatic heterocycles. The number of nitrogens with one attached hydrogen (secondary N) is 1. The lowest BCUT2D eigenvalue weighted by molar-refractivity contribution is 0.0955. The third-order valence-corrected chi connectivity index (χ3v) is 4.75. The Morgan fingerprint density at radius 3 is 2.59 bits per heavy atom. The minimum absolute atomic E-state index is 0.0836. The second-order valence-corrected chi connectivity index (χ2v) is 7.04. The van der Waals surface area contributed by atoms with E-state index < -0.39 is 5.91 Å². The van der Waals surface area contributed by atoms with E-state index in [0.717, 1.165) is 5.56 Å². The van der Waals surface area contributed by atoms with Crippen molar-refractivity contribution in [2.45, 2.75) is 6.42 Å². The summed E-state index contributed by atoms with van der Waals surface area (Å²) in [7, 11) is 3.09. The molecule has 0 atom stereocenters. The smallest absolute Gasteiger partial charge is 0.271 e. The first-order valence-corrected chi connectivity index (χ1v) is 10.0. The number of phenolic OH excluding ortho intramolecular Hbond substituents is 1. The van der Waals surface area contributed by atoms with E-state index >= 15 is 0 Å². The second-order valence-electron chi connectivity index (χ2n) is 6.63. The third-order valence-electron chi connectivity index (χ3n) is 4.45. The summed E-state index contributed by atoms with van der Waals surface area (Å²) < 4.78 is 10.9. The van der Waals surface area contributed by atoms with Crippen LogP contribution in [0, 0.1) is 11.8 Å². The molecular formula is C25H21ClN2O4. The van der Waals surface area contributed by atoms with Gasteiger partial charge in [0.2, 0.25) is 0 Å². The quantitative estimate of drug-likeness (QED) is 0.332. The predicted molar refractivity (Wildman–Crippen MR) is 125 cm³/mol. The van der Waals surface area contributed by atoms with Crippen molar-refractivity contribution in [1.82, 2.24) is 5.43 Å². The van der Waals surface area contributed by atoms with Crippen LogP contribution in [-0.2, 0) is 6.42 Å². The standard InChI is InChI=1S/C25H21ClN2O4/c1-31-23-14-18(16-27-28-25(30)20-11-12-22(29)21(26)15-20)13-19(24(23)32-2)10-6-9-17-7-4-3-5-8-17/h3-5,7-8,11-16,29H,9H2,1-2H3,(H,28,30). The summed E-state index contributed by atoms with van der Waals surface area (Å²) in [6, 6.07) is 17.6. The molecular weight excluding hydrogens is 428 g/mol. The van der Waals surface area contributed by atoms with E-state index in [4.69, 9.17) is 21.1 Å². The van der Waals surface area contributed by atoms with E-state index in [-0.39, 0.29) is 16.3 Å². The van der Waals surface area contributed by atoms with Crippen LogP contribution in [0.3, 0.4) is 0 Å². The van der Waals surface area contributed by atoms with E-state index in [1.807, 2.05) is 30.3 Å². The van der Waals surface area contributed by atoms with Gasteiger partial charge < -0.3 is 14.6 Å². The Kier molecular flexibility index (Phi) is 7.74. The highest BCUT2D eigenvalue weighted by Crippen LogP contribution is 2.31. The van der Waals surface area contributed by atoms with Crippen molar-refractivity contribution in [2.75, 3.05) is 14.2 Å². The Bertz CT molecular complexity index is 1200. The van der Waals surface area contributed by atoms with Crippen molar-refractivity contribution >= 4 is 23.7 Å². The first-order chi connectivity index (χ1) is 15.5. The summed E-state index contributed by atoms with van der Waals surface area (Å²) in [6.45, 7) is 0. The molecule has 2 N–H and O–H groups in total. The van der Waals surface area contributed by atoms with Crippen LogP contribution in [0.4, 0.5) is 0 Å². The molecule has 162 valence electrons. The van der Waals surface area contributed by atoms with Crippen molar-refractivity contribution in [3.8, 4) is 29.1 Å². The van der Waals surface area contributed by atoms with Crippen LogP contribution in [0.5, 0.6) is 17.2 Å². The van der Waals surface area contributed by atoms with Gasteiger partial charge >= 0.3 is 0 Å². The fraction of sp³-hybridized carbons (Fsp3) is 0.120. The number of halogens is 1. The highest BCUT2D eigenvalue weighted by Gasteiger charge is 2.11. The summed E-state index contributed by atoms with van der Waals surface area (Å²) in [4.78, 5) is 12.2. The number of phenols is 1. The van der Waals surface area contributed by atoms with Crippen molar-refractivity contribution < 1.29 is 19.4 Å². The van der Waals surface area contributed by atoms with Crippen molar-refractivity contribution in [1.29, 1.82) is 0 Å². The fourth-order valence-corrected chi connectivity index (χ4v) is 3.05. The lowest BCUT2D eigenvalue weighted by Crippen LogP contribution is -2.17. The van der Waals surface area contributed by atoms with Gasteiger partial charge in [-0.05, 0) is 41.5 Å². The Morgan fingerprint density at radius 1 is 1.12 bits per heavy atom. The number of nitrogens with zero attached hydrogens (tertiary/aromatic N) is 1. The van der Waals surface area contributed by atoms with Gasteiger partial charge in [-0.15, -0.1) is 0 Å². The zero-order valence-corrected chi connectivity index (χ0v) is 18.3. The Balaban J connectivity index is 1.79. The number of benzene rings is 3. The van der Waals surface area contributed by atoms with Gasteiger partial charge in [-0.25, -0.2) is 5.43 Å². The molecule has 0 spiro atoms. The van der Waals surface area contributed by atoms with Gasteiger partial charge in [0.05, 0.1) is 31.0 Å². The Morgan fingerprint density at radius 2 is 1.91 bits per heavy atom. The molecule has 3 aromatic rings. The van der Waals surface area contributed by atoms with E-state index in [1.165, 1.54) is 31.5 Å². The van der Waals surface area contributed by atoms with Crippen LogP contribution in [-0.4, -0.2) is 31.4 Å². The van der Waals surface area contributed by atoms with E-state index in [0.29, 0.717) is 29.0 Å². The molecule has 32 heavy (non-hydrogen) atoms. The van der Waals surface area contributed by atoms with E-state index in [9.17, 15) is 9.90 Å². The number of methoxy groups -OCH3 is 2. The molecule has 3 aromatic carbocycles. The molecule has 0 aliphatic carbocycles. The van der Waals surface area contributed by atoms with Crippen LogP contribution >= 0.6 is 11.6 Å². The summed E-state index contributed by atoms with van der Waals surface area (Å²) in [5.74, 6) is 6.72. The molecule has 0 aliphatic heterocycles. The molecule has 3 rings (SSSR count). The number of hydrogen-bond acceptors (Lipinski definition) is 5. The molecule has 0 bridgehead atoms. The molecule has 1 amide bonds. The molecule has 0 radical (unpaired) electrons. The van der Waals surface area contributed by atoms with Gasteiger partial charge in [0.25, 0.3) is 5.91 Å². The molecule has 0 heterocycles. The topological polar surface area (TPSA) is 80.2 Å². The van der Waals surface area contributed by atoms with Gasteiger partial charge in [-0.3, -0.25) is 4.79 Å². The molecule has 0 saturated carbocycles. The van der Waals surface area contributed by atoms with Crippen LogP contribution < -0.4 is 14.9 Å². The SMILES string of the molecule is COc1cc(C=NNC(=O)c2ccc(O)c(Cl)c2)cc(C#CCc2ccccc2)c1OC. The average molecular weight is 449 g/mol. The number of aromatic hydroxyl groups is 1. The highest BCUT2D eigenvalue weighted by atomic mass is 35.5. The molecule has 0 fully saturated rings. The van der Waals surface area contributed by atoms with E-state index in [1.54, 1.807) is 19.2 Å². The maximum absolute atomic E-state index is 12.2. The van der Waals surface area contributed by atoms with Gasteiger partial charge in [-0.1, -0.05) is 53.8 Å². The van der Waals surface area contributed by atoms with Crippen LogP contribution in [0.2, 0.25) is 5.02 Å². The highest BCUT2D eigenvalue weighted by molar-refractivity contribution is 6.32. The van der Waals surface area contributed by atoms with Crippen LogP contribution in [0.1, 0.15) is 27.0 Å². The molecule has 7 heteroatoms. The fourth-order valence-electron chi connectivity index (χ4n) is 2.87. The normalized spacial score (nSPS) is 10.3. The lowest BCUT2D eigenvalue weighted by Gasteiger charge is -2.10. The summed E-state index contributed by atoms with van der Waals surface area (Å²) in [5.41, 5.74) is 5.11. The first-order valence-electron chi connectivity index (χ1n) is 9.62. The third kappa shape index (κ3) is 5.81. The van der Waals surface area contributed by atoms with Gasteiger partial charge in [-0.2, -0.15) is 5.10 Å². The second kappa shape index (κ2) is 10.9. The monoisotopic (exact) mass is 448 g/mol. The van der Waals surface area contributed by atoms with Gasteiger partial charge in [0.15, 0.2) is 11.5 Å². The van der Waals surface area contributed by atoms with Crippen molar-refractivity contribution in [3.05, 3.63) is 87.9 Å². The number of hydrazone groups is 1. The van der Waals surface area contributed by atoms with Crippen molar-refractivity contribution in [2.24, 2.45) is 5.10 Å². The maximum Gasteiger partial charge on any atom is 0.271 e. The summed E-state index contributed by atoms with van der Waals surface area (Å²) in [6.07, 6.45) is 2.07. The minimum Gasteiger partial charge on any atom is -0.506 e. The minimum atomic E-state index is -0.466. The van der Waals surface area contributed by atoms with Gasteiger partial charge in [0, 0.05) is 12.0 Å². The molecule has 0 unspecified atom stereocenters. The largest absolute Gasteiger partial charge is 0.506 e. The molecule has 6 nitrogen and oxygen atoms in total. The number of carbonyl (C=O) groups is 1. The summed E-state index contributed by atoms with van der Waals surface area (Å²) in [5, 5.41) is 13.5. The van der Waals surface area contributed by atoms with E-state index in [2.05, 4.69) is 22.4 Å². The zero-order valence-electron chi connectivity index (χ0n) is 17.6. The average Bonchev–Trinajstić information content (AvgIpc) is 2.81. The zero-order chi connectivity index (χ0) is 22.9. The Hall–Kier alpha value is -3.95. The predicted octanol–water partition coefficient (Wildman–Crippen LogP) is 4.42. The van der Waals surface area contributed by atoms with Gasteiger partial charge in [0.1, 0.15) is 5.75 Å². The maximum atomic E-state index is 12.2. The lowest BCUT2D eigenvalue weighted by atomic mass is 10.1. The Labute approximate surface area is 191 Å². The number of carbonyl (C=O) groups excluding carboxylic acids is 1. The number of amides is 1. The summed E-state index contributed by atoms with van der Waals surface area (Å²) >= 11 is 5.84. The van der Waals surface area contributed by atoms with Crippen LogP contribution in [0.25, 0.3) is 0 Å².